The molecule has 1 N–H and O–H groups in total. The lowest BCUT2D eigenvalue weighted by Crippen LogP contribution is -2.33. The number of hydrogen-bond donors (Lipinski definition) is 1. The number of likely N-dealkylation sites (tertiary alicyclic amines) is 1. The number of aromatic nitrogens is 2. The minimum Gasteiger partial charge on any atom is -0.350 e. The van der Waals surface area contributed by atoms with E-state index >= 15 is 0 Å². The Hall–Kier alpha value is -1.85. The number of nitrogens with zero attached hydrogens (tertiary/aromatic N) is 3. The van der Waals surface area contributed by atoms with Gasteiger partial charge in [-0.15, -0.1) is 0 Å². The minimum atomic E-state index is -0.0988. The molecule has 1 aromatic heterocycles. The summed E-state index contributed by atoms with van der Waals surface area (Å²) in [6.07, 6.45) is 5.43. The van der Waals surface area contributed by atoms with E-state index in [1.54, 1.807) is 16.9 Å². The number of rotatable bonds is 6. The first-order chi connectivity index (χ1) is 10.2. The van der Waals surface area contributed by atoms with Crippen LogP contribution in [0.1, 0.15) is 43.1 Å². The monoisotopic (exact) mass is 290 g/mol. The first-order valence-corrected chi connectivity index (χ1v) is 7.78. The molecule has 1 aliphatic carbocycles. The van der Waals surface area contributed by atoms with Crippen LogP contribution < -0.4 is 5.32 Å². The van der Waals surface area contributed by atoms with E-state index in [-0.39, 0.29) is 17.7 Å². The number of aryl methyl sites for hydroxylation is 1. The predicted octanol–water partition coefficient (Wildman–Crippen LogP) is 1.03. The highest BCUT2D eigenvalue weighted by atomic mass is 16.2. The van der Waals surface area contributed by atoms with Gasteiger partial charge in [-0.1, -0.05) is 6.92 Å². The maximum atomic E-state index is 12.2. The van der Waals surface area contributed by atoms with Gasteiger partial charge in [-0.3, -0.25) is 14.3 Å². The van der Waals surface area contributed by atoms with Gasteiger partial charge in [0.1, 0.15) is 5.69 Å². The van der Waals surface area contributed by atoms with E-state index < -0.39 is 0 Å². The highest BCUT2D eigenvalue weighted by molar-refractivity contribution is 5.92. The van der Waals surface area contributed by atoms with Crippen molar-refractivity contribution in [2.45, 2.75) is 45.2 Å². The lowest BCUT2D eigenvalue weighted by molar-refractivity contribution is -0.128. The molecule has 0 bridgehead atoms. The summed E-state index contributed by atoms with van der Waals surface area (Å²) in [6, 6.07) is 2.21. The van der Waals surface area contributed by atoms with Crippen molar-refractivity contribution in [1.29, 1.82) is 0 Å². The molecule has 1 aliphatic heterocycles. The van der Waals surface area contributed by atoms with E-state index in [2.05, 4.69) is 17.3 Å². The molecule has 0 unspecified atom stereocenters. The molecule has 21 heavy (non-hydrogen) atoms. The molecule has 2 fully saturated rings. The average molecular weight is 290 g/mol. The molecule has 2 heterocycles. The molecule has 2 aliphatic rings. The van der Waals surface area contributed by atoms with E-state index in [0.29, 0.717) is 24.7 Å². The fourth-order valence-corrected chi connectivity index (χ4v) is 2.93. The Labute approximate surface area is 124 Å². The van der Waals surface area contributed by atoms with E-state index in [0.717, 1.165) is 32.4 Å². The summed E-state index contributed by atoms with van der Waals surface area (Å²) in [4.78, 5) is 26.1. The van der Waals surface area contributed by atoms with Crippen LogP contribution in [-0.2, 0) is 11.3 Å². The molecule has 0 radical (unpaired) electrons. The van der Waals surface area contributed by atoms with E-state index in [4.69, 9.17) is 0 Å². The van der Waals surface area contributed by atoms with Crippen molar-refractivity contribution in [2.75, 3.05) is 13.1 Å². The van der Waals surface area contributed by atoms with Crippen molar-refractivity contribution in [2.24, 2.45) is 5.92 Å². The average Bonchev–Trinajstić information content (AvgIpc) is 3.09. The molecule has 1 atom stereocenters. The van der Waals surface area contributed by atoms with Gasteiger partial charge < -0.3 is 10.2 Å². The Balaban J connectivity index is 1.52. The van der Waals surface area contributed by atoms with Gasteiger partial charge in [0.2, 0.25) is 5.91 Å². The van der Waals surface area contributed by atoms with E-state index in [1.165, 1.54) is 0 Å². The highest BCUT2D eigenvalue weighted by Crippen LogP contribution is 2.32. The van der Waals surface area contributed by atoms with Gasteiger partial charge >= 0.3 is 0 Å². The van der Waals surface area contributed by atoms with Gasteiger partial charge in [0.05, 0.1) is 0 Å². The third-order valence-corrected chi connectivity index (χ3v) is 4.16. The summed E-state index contributed by atoms with van der Waals surface area (Å²) in [5.41, 5.74) is 0.597. The molecule has 1 aromatic rings. The third kappa shape index (κ3) is 3.09. The minimum absolute atomic E-state index is 0.0988. The Bertz CT molecular complexity index is 536. The topological polar surface area (TPSA) is 67.2 Å². The van der Waals surface area contributed by atoms with Crippen molar-refractivity contribution in [3.05, 3.63) is 18.0 Å². The van der Waals surface area contributed by atoms with Crippen LogP contribution >= 0.6 is 0 Å². The van der Waals surface area contributed by atoms with Crippen LogP contribution in [-0.4, -0.2) is 45.6 Å². The van der Waals surface area contributed by atoms with Crippen LogP contribution in [0, 0.1) is 5.92 Å². The van der Waals surface area contributed by atoms with Crippen LogP contribution in [0.5, 0.6) is 0 Å². The largest absolute Gasteiger partial charge is 0.350 e. The molecule has 1 saturated heterocycles. The zero-order valence-corrected chi connectivity index (χ0v) is 12.4. The number of amides is 2. The highest BCUT2D eigenvalue weighted by Gasteiger charge is 2.39. The molecular formula is C15H22N4O2. The second kappa shape index (κ2) is 5.87. The van der Waals surface area contributed by atoms with Gasteiger partial charge in [-0.2, -0.15) is 5.10 Å². The lowest BCUT2D eigenvalue weighted by atomic mass is 10.1. The van der Waals surface area contributed by atoms with Crippen molar-refractivity contribution in [1.82, 2.24) is 20.0 Å². The van der Waals surface area contributed by atoms with Crippen molar-refractivity contribution < 1.29 is 9.59 Å². The molecular weight excluding hydrogens is 268 g/mol. The van der Waals surface area contributed by atoms with Gasteiger partial charge in [-0.25, -0.2) is 0 Å². The van der Waals surface area contributed by atoms with Crippen molar-refractivity contribution in [3.63, 3.8) is 0 Å². The molecule has 3 rings (SSSR count). The molecule has 2 amide bonds. The SMILES string of the molecule is CCCn1nccc1C(=O)NC[C@@H]1CC(=O)N(C2CC2)C1. The fourth-order valence-electron chi connectivity index (χ4n) is 2.93. The van der Waals surface area contributed by atoms with Crippen LogP contribution in [0.4, 0.5) is 0 Å². The molecule has 6 nitrogen and oxygen atoms in total. The summed E-state index contributed by atoms with van der Waals surface area (Å²) in [6.45, 7) is 4.15. The van der Waals surface area contributed by atoms with Crippen molar-refractivity contribution in [3.8, 4) is 0 Å². The second-order valence-corrected chi connectivity index (χ2v) is 6.00. The summed E-state index contributed by atoms with van der Waals surface area (Å²) in [7, 11) is 0. The Morgan fingerprint density at radius 1 is 1.48 bits per heavy atom. The number of carbonyl (C=O) groups is 2. The third-order valence-electron chi connectivity index (χ3n) is 4.16. The zero-order valence-electron chi connectivity index (χ0n) is 12.4. The molecule has 114 valence electrons. The predicted molar refractivity (Wildman–Crippen MR) is 77.7 cm³/mol. The quantitative estimate of drug-likeness (QED) is 0.851. The maximum Gasteiger partial charge on any atom is 0.269 e. The zero-order chi connectivity index (χ0) is 14.8. The van der Waals surface area contributed by atoms with Gasteiger partial charge in [-0.05, 0) is 25.3 Å². The fraction of sp³-hybridized carbons (Fsp3) is 0.667. The van der Waals surface area contributed by atoms with Crippen LogP contribution in [0.25, 0.3) is 0 Å². The first-order valence-electron chi connectivity index (χ1n) is 7.78. The van der Waals surface area contributed by atoms with Gasteiger partial charge in [0, 0.05) is 44.2 Å². The molecule has 0 spiro atoms. The molecule has 6 heteroatoms. The van der Waals surface area contributed by atoms with E-state index in [1.807, 2.05) is 4.90 Å². The summed E-state index contributed by atoms with van der Waals surface area (Å²) >= 11 is 0. The standard InChI is InChI=1S/C15H22N4O2/c1-2-7-19-13(5-6-17-19)15(21)16-9-11-8-14(20)18(10-11)12-3-4-12/h5-6,11-12H,2-4,7-10H2,1H3,(H,16,21)/t11-/m0/s1. The first kappa shape index (κ1) is 14.1. The van der Waals surface area contributed by atoms with Crippen LogP contribution in [0.2, 0.25) is 0 Å². The van der Waals surface area contributed by atoms with Crippen LogP contribution in [0.15, 0.2) is 12.3 Å². The summed E-state index contributed by atoms with van der Waals surface area (Å²) in [5, 5.41) is 7.10. The Morgan fingerprint density at radius 3 is 3.00 bits per heavy atom. The van der Waals surface area contributed by atoms with E-state index in [9.17, 15) is 9.59 Å². The summed E-state index contributed by atoms with van der Waals surface area (Å²) < 4.78 is 1.73. The normalized spacial score (nSPS) is 21.9. The number of nitrogens with one attached hydrogen (secondary N) is 1. The molecule has 1 saturated carbocycles. The molecule has 0 aromatic carbocycles. The Morgan fingerprint density at radius 2 is 2.29 bits per heavy atom. The summed E-state index contributed by atoms with van der Waals surface area (Å²) in [5.74, 6) is 0.385. The Kier molecular flexibility index (Phi) is 3.94. The van der Waals surface area contributed by atoms with Gasteiger partial charge in [0.15, 0.2) is 0 Å². The number of carbonyl (C=O) groups excluding carboxylic acids is 2. The second-order valence-electron chi connectivity index (χ2n) is 6.00. The van der Waals surface area contributed by atoms with Crippen LogP contribution in [0.3, 0.4) is 0 Å². The maximum absolute atomic E-state index is 12.2. The van der Waals surface area contributed by atoms with Crippen molar-refractivity contribution >= 4 is 11.8 Å². The smallest absolute Gasteiger partial charge is 0.269 e. The number of hydrogen-bond acceptors (Lipinski definition) is 3. The lowest BCUT2D eigenvalue weighted by Gasteiger charge is -2.15. The van der Waals surface area contributed by atoms with Gasteiger partial charge in [0.25, 0.3) is 5.91 Å².